The van der Waals surface area contributed by atoms with Crippen molar-refractivity contribution in [3.63, 3.8) is 0 Å². The van der Waals surface area contributed by atoms with Gasteiger partial charge >= 0.3 is 0 Å². The van der Waals surface area contributed by atoms with E-state index in [9.17, 15) is 5.11 Å². The standard InChI is InChI=1S/C14H16N4O3/c19-10-4-1-5-15-12(10)14-16-13(17-21-14)11-7-18-6-2-3-9(18)8-20-11/h1,4-5,9,11,19H,2-3,6-8H2. The Morgan fingerprint density at radius 1 is 1.38 bits per heavy atom. The monoisotopic (exact) mass is 288 g/mol. The van der Waals surface area contributed by atoms with Gasteiger partial charge in [-0.2, -0.15) is 4.98 Å². The number of hydrogen-bond acceptors (Lipinski definition) is 7. The minimum Gasteiger partial charge on any atom is -0.505 e. The van der Waals surface area contributed by atoms with Gasteiger partial charge in [0.25, 0.3) is 5.89 Å². The molecule has 2 aromatic rings. The fraction of sp³-hybridized carbons (Fsp3) is 0.500. The third-order valence-corrected chi connectivity index (χ3v) is 4.11. The molecule has 0 aliphatic carbocycles. The number of rotatable bonds is 2. The predicted octanol–water partition coefficient (Wildman–Crippen LogP) is 1.37. The first kappa shape index (κ1) is 12.7. The van der Waals surface area contributed by atoms with Crippen LogP contribution in [-0.4, -0.2) is 50.9 Å². The SMILES string of the molecule is Oc1cccnc1-c1nc(C2CN3CCCC3CO2)no1. The van der Waals surface area contributed by atoms with E-state index in [0.717, 1.165) is 13.1 Å². The summed E-state index contributed by atoms with van der Waals surface area (Å²) >= 11 is 0. The Kier molecular flexibility index (Phi) is 3.08. The zero-order valence-corrected chi connectivity index (χ0v) is 11.5. The Bertz CT molecular complexity index is 645. The van der Waals surface area contributed by atoms with Crippen LogP contribution in [0.15, 0.2) is 22.9 Å². The molecule has 0 radical (unpaired) electrons. The maximum absolute atomic E-state index is 9.78. The second kappa shape index (κ2) is 5.09. The van der Waals surface area contributed by atoms with E-state index in [4.69, 9.17) is 9.26 Å². The molecule has 0 spiro atoms. The number of fused-ring (bicyclic) bond motifs is 1. The lowest BCUT2D eigenvalue weighted by molar-refractivity contribution is -0.0548. The first-order valence-electron chi connectivity index (χ1n) is 7.15. The maximum Gasteiger partial charge on any atom is 0.280 e. The van der Waals surface area contributed by atoms with E-state index >= 15 is 0 Å². The van der Waals surface area contributed by atoms with Crippen LogP contribution in [0.1, 0.15) is 24.8 Å². The summed E-state index contributed by atoms with van der Waals surface area (Å²) in [5.74, 6) is 0.757. The Morgan fingerprint density at radius 3 is 3.24 bits per heavy atom. The summed E-state index contributed by atoms with van der Waals surface area (Å²) in [4.78, 5) is 10.8. The van der Waals surface area contributed by atoms with Crippen molar-refractivity contribution in [1.82, 2.24) is 20.0 Å². The van der Waals surface area contributed by atoms with Crippen LogP contribution in [0.5, 0.6) is 5.75 Å². The molecule has 4 heterocycles. The quantitative estimate of drug-likeness (QED) is 0.893. The second-order valence-corrected chi connectivity index (χ2v) is 5.44. The molecule has 1 N–H and O–H groups in total. The molecule has 4 rings (SSSR count). The number of nitrogens with zero attached hydrogens (tertiary/aromatic N) is 4. The summed E-state index contributed by atoms with van der Waals surface area (Å²) in [6.45, 7) is 2.61. The zero-order chi connectivity index (χ0) is 14.2. The van der Waals surface area contributed by atoms with Crippen molar-refractivity contribution in [1.29, 1.82) is 0 Å². The van der Waals surface area contributed by atoms with Gasteiger partial charge < -0.3 is 14.4 Å². The third-order valence-electron chi connectivity index (χ3n) is 4.11. The molecule has 2 aliphatic rings. The molecule has 110 valence electrons. The van der Waals surface area contributed by atoms with Gasteiger partial charge in [-0.05, 0) is 31.5 Å². The lowest BCUT2D eigenvalue weighted by Crippen LogP contribution is -2.42. The molecule has 7 nitrogen and oxygen atoms in total. The highest BCUT2D eigenvalue weighted by atomic mass is 16.5. The Balaban J connectivity index is 1.56. The van der Waals surface area contributed by atoms with Crippen molar-refractivity contribution in [3.05, 3.63) is 24.2 Å². The molecule has 0 amide bonds. The molecule has 2 fully saturated rings. The van der Waals surface area contributed by atoms with E-state index in [1.54, 1.807) is 12.3 Å². The van der Waals surface area contributed by atoms with Crippen LogP contribution < -0.4 is 0 Å². The van der Waals surface area contributed by atoms with Crippen LogP contribution in [0.4, 0.5) is 0 Å². The van der Waals surface area contributed by atoms with Gasteiger partial charge in [0.15, 0.2) is 5.69 Å². The van der Waals surface area contributed by atoms with Crippen molar-refractivity contribution in [2.75, 3.05) is 19.7 Å². The van der Waals surface area contributed by atoms with Gasteiger partial charge in [0, 0.05) is 18.8 Å². The summed E-state index contributed by atoms with van der Waals surface area (Å²) in [6.07, 6.45) is 3.82. The Labute approximate surface area is 121 Å². The molecule has 0 bridgehead atoms. The van der Waals surface area contributed by atoms with E-state index in [-0.39, 0.29) is 17.7 Å². The molecule has 0 aromatic carbocycles. The van der Waals surface area contributed by atoms with Crippen molar-refractivity contribution in [3.8, 4) is 17.3 Å². The summed E-state index contributed by atoms with van der Waals surface area (Å²) in [7, 11) is 0. The van der Waals surface area contributed by atoms with Gasteiger partial charge in [-0.1, -0.05) is 5.16 Å². The van der Waals surface area contributed by atoms with Crippen LogP contribution in [0.25, 0.3) is 11.6 Å². The number of aromatic nitrogens is 3. The number of pyridine rings is 1. The minimum atomic E-state index is -0.178. The van der Waals surface area contributed by atoms with Gasteiger partial charge in [-0.3, -0.25) is 4.90 Å². The van der Waals surface area contributed by atoms with Gasteiger partial charge in [-0.15, -0.1) is 0 Å². The molecule has 7 heteroatoms. The Morgan fingerprint density at radius 2 is 2.33 bits per heavy atom. The number of hydrogen-bond donors (Lipinski definition) is 1. The molecule has 2 saturated heterocycles. The predicted molar refractivity (Wildman–Crippen MR) is 72.5 cm³/mol. The fourth-order valence-corrected chi connectivity index (χ4v) is 3.00. The van der Waals surface area contributed by atoms with E-state index in [0.29, 0.717) is 24.2 Å². The molecule has 21 heavy (non-hydrogen) atoms. The van der Waals surface area contributed by atoms with E-state index in [1.807, 2.05) is 0 Å². The highest BCUT2D eigenvalue weighted by Crippen LogP contribution is 2.30. The third kappa shape index (κ3) is 2.28. The van der Waals surface area contributed by atoms with Crippen molar-refractivity contribution in [2.24, 2.45) is 0 Å². The van der Waals surface area contributed by atoms with Crippen molar-refractivity contribution < 1.29 is 14.4 Å². The lowest BCUT2D eigenvalue weighted by atomic mass is 10.2. The van der Waals surface area contributed by atoms with Crippen LogP contribution >= 0.6 is 0 Å². The summed E-state index contributed by atoms with van der Waals surface area (Å²) in [6, 6.07) is 3.72. The van der Waals surface area contributed by atoms with Gasteiger partial charge in [0.1, 0.15) is 11.9 Å². The highest BCUT2D eigenvalue weighted by Gasteiger charge is 2.35. The number of ether oxygens (including phenoxy) is 1. The van der Waals surface area contributed by atoms with E-state index in [1.165, 1.54) is 18.9 Å². The van der Waals surface area contributed by atoms with Gasteiger partial charge in [0.05, 0.1) is 6.61 Å². The van der Waals surface area contributed by atoms with E-state index in [2.05, 4.69) is 20.0 Å². The van der Waals surface area contributed by atoms with E-state index < -0.39 is 0 Å². The molecule has 2 aromatic heterocycles. The minimum absolute atomic E-state index is 0.0249. The zero-order valence-electron chi connectivity index (χ0n) is 11.5. The largest absolute Gasteiger partial charge is 0.505 e. The summed E-state index contributed by atoms with van der Waals surface area (Å²) in [5, 5.41) is 13.8. The molecular weight excluding hydrogens is 272 g/mol. The number of aromatic hydroxyl groups is 1. The molecule has 0 saturated carbocycles. The van der Waals surface area contributed by atoms with Crippen molar-refractivity contribution in [2.45, 2.75) is 25.0 Å². The molecule has 2 aliphatic heterocycles. The van der Waals surface area contributed by atoms with Gasteiger partial charge in [-0.25, -0.2) is 4.98 Å². The first-order valence-corrected chi connectivity index (χ1v) is 7.15. The van der Waals surface area contributed by atoms with Gasteiger partial charge in [0.2, 0.25) is 5.82 Å². The first-order chi connectivity index (χ1) is 10.3. The highest BCUT2D eigenvalue weighted by molar-refractivity contribution is 5.55. The van der Waals surface area contributed by atoms with Crippen LogP contribution in [0.2, 0.25) is 0 Å². The fourth-order valence-electron chi connectivity index (χ4n) is 3.00. The molecular formula is C14H16N4O3. The molecule has 2 atom stereocenters. The summed E-state index contributed by atoms with van der Waals surface area (Å²) in [5.41, 5.74) is 0.297. The van der Waals surface area contributed by atoms with Crippen LogP contribution in [0.3, 0.4) is 0 Å². The second-order valence-electron chi connectivity index (χ2n) is 5.44. The lowest BCUT2D eigenvalue weighted by Gasteiger charge is -2.33. The maximum atomic E-state index is 9.78. The van der Waals surface area contributed by atoms with Crippen LogP contribution in [0, 0.1) is 0 Å². The normalized spacial score (nSPS) is 25.9. The molecule has 2 unspecified atom stereocenters. The van der Waals surface area contributed by atoms with Crippen molar-refractivity contribution >= 4 is 0 Å². The average Bonchev–Trinajstić information content (AvgIpc) is 3.16. The van der Waals surface area contributed by atoms with Crippen LogP contribution in [-0.2, 0) is 4.74 Å². The Hall–Kier alpha value is -1.99. The average molecular weight is 288 g/mol. The topological polar surface area (TPSA) is 84.5 Å². The smallest absolute Gasteiger partial charge is 0.280 e. The summed E-state index contributed by atoms with van der Waals surface area (Å²) < 4.78 is 11.1. The number of morpholine rings is 1.